The predicted octanol–water partition coefficient (Wildman–Crippen LogP) is 1.89. The number of nitriles is 1. The summed E-state index contributed by atoms with van der Waals surface area (Å²) in [6.07, 6.45) is 1.65. The van der Waals surface area contributed by atoms with Gasteiger partial charge in [0.15, 0.2) is 0 Å². The van der Waals surface area contributed by atoms with Crippen molar-refractivity contribution >= 4 is 23.2 Å². The Morgan fingerprint density at radius 3 is 2.39 bits per heavy atom. The van der Waals surface area contributed by atoms with Crippen molar-refractivity contribution in [1.29, 1.82) is 5.26 Å². The summed E-state index contributed by atoms with van der Waals surface area (Å²) in [6, 6.07) is 8.73. The molecule has 2 rings (SSSR count). The molecule has 0 heterocycles. The molecule has 2 N–H and O–H groups in total. The lowest BCUT2D eigenvalue weighted by Crippen LogP contribution is -2.17. The van der Waals surface area contributed by atoms with Crippen LogP contribution in [0.5, 0.6) is 0 Å². The van der Waals surface area contributed by atoms with Crippen LogP contribution in [-0.2, 0) is 9.59 Å². The molecule has 0 atom stereocenters. The molecule has 1 aliphatic rings. The van der Waals surface area contributed by atoms with Crippen LogP contribution in [0.2, 0.25) is 0 Å². The molecule has 2 amide bonds. The number of nitrogens with one attached hydrogen (secondary N) is 2. The van der Waals surface area contributed by atoms with Gasteiger partial charge < -0.3 is 10.6 Å². The highest BCUT2D eigenvalue weighted by atomic mass is 16.2. The second-order valence-electron chi connectivity index (χ2n) is 4.19. The summed E-state index contributed by atoms with van der Waals surface area (Å²) < 4.78 is 0. The van der Waals surface area contributed by atoms with Crippen molar-refractivity contribution in [2.75, 3.05) is 10.6 Å². The fraction of sp³-hybridized carbons (Fsp3) is 0.308. The van der Waals surface area contributed by atoms with E-state index in [1.165, 1.54) is 0 Å². The number of amides is 2. The minimum atomic E-state index is -0.384. The highest BCUT2D eigenvalue weighted by molar-refractivity contribution is 6.01. The molecule has 0 spiro atoms. The molecule has 1 fully saturated rings. The Hall–Kier alpha value is -2.35. The molecule has 0 radical (unpaired) electrons. The van der Waals surface area contributed by atoms with Gasteiger partial charge in [0.1, 0.15) is 6.42 Å². The van der Waals surface area contributed by atoms with Gasteiger partial charge >= 0.3 is 0 Å². The fourth-order valence-corrected chi connectivity index (χ4v) is 1.55. The third-order valence-corrected chi connectivity index (χ3v) is 2.65. The zero-order chi connectivity index (χ0) is 13.0. The summed E-state index contributed by atoms with van der Waals surface area (Å²) in [5.41, 5.74) is 1.09. The average molecular weight is 243 g/mol. The van der Waals surface area contributed by atoms with Crippen LogP contribution in [0.4, 0.5) is 11.4 Å². The van der Waals surface area contributed by atoms with Crippen LogP contribution < -0.4 is 10.6 Å². The summed E-state index contributed by atoms with van der Waals surface area (Å²) in [5, 5.41) is 13.8. The maximum absolute atomic E-state index is 11.7. The quantitative estimate of drug-likeness (QED) is 0.847. The van der Waals surface area contributed by atoms with E-state index in [4.69, 9.17) is 5.26 Å². The molecule has 18 heavy (non-hydrogen) atoms. The molecular weight excluding hydrogens is 230 g/mol. The minimum absolute atomic E-state index is 0.0167. The van der Waals surface area contributed by atoms with Crippen LogP contribution in [0.1, 0.15) is 19.3 Å². The topological polar surface area (TPSA) is 82.0 Å². The molecule has 1 aliphatic carbocycles. The van der Waals surface area contributed by atoms with Crippen LogP contribution in [0, 0.1) is 17.2 Å². The summed E-state index contributed by atoms with van der Waals surface area (Å²) in [4.78, 5) is 23.0. The van der Waals surface area contributed by atoms with E-state index >= 15 is 0 Å². The SMILES string of the molecule is N#CCC(=O)Nc1ccccc1NC(=O)C1CC1. The minimum Gasteiger partial charge on any atom is -0.324 e. The first-order valence-electron chi connectivity index (χ1n) is 5.77. The molecule has 1 aromatic rings. The van der Waals surface area contributed by atoms with Crippen LogP contribution >= 0.6 is 0 Å². The summed E-state index contributed by atoms with van der Waals surface area (Å²) in [5.74, 6) is -0.296. The van der Waals surface area contributed by atoms with Crippen molar-refractivity contribution in [1.82, 2.24) is 0 Å². The molecule has 5 nitrogen and oxygen atoms in total. The second-order valence-corrected chi connectivity index (χ2v) is 4.19. The first-order chi connectivity index (χ1) is 8.70. The molecule has 1 aromatic carbocycles. The summed E-state index contributed by atoms with van der Waals surface area (Å²) in [6.45, 7) is 0. The normalized spacial score (nSPS) is 13.5. The number of rotatable bonds is 4. The highest BCUT2D eigenvalue weighted by Gasteiger charge is 2.29. The van der Waals surface area contributed by atoms with Gasteiger partial charge in [-0.25, -0.2) is 0 Å². The van der Waals surface area contributed by atoms with E-state index in [0.717, 1.165) is 12.8 Å². The van der Waals surface area contributed by atoms with E-state index in [-0.39, 0.29) is 24.2 Å². The third-order valence-electron chi connectivity index (χ3n) is 2.65. The van der Waals surface area contributed by atoms with E-state index in [0.29, 0.717) is 11.4 Å². The number of nitrogens with zero attached hydrogens (tertiary/aromatic N) is 1. The number of carbonyl (C=O) groups is 2. The third kappa shape index (κ3) is 3.08. The Bertz CT molecular complexity index is 515. The fourth-order valence-electron chi connectivity index (χ4n) is 1.55. The zero-order valence-electron chi connectivity index (χ0n) is 9.77. The molecule has 0 aliphatic heterocycles. The molecule has 0 aromatic heterocycles. The van der Waals surface area contributed by atoms with E-state index < -0.39 is 0 Å². The second kappa shape index (κ2) is 5.32. The Morgan fingerprint density at radius 1 is 1.22 bits per heavy atom. The standard InChI is InChI=1S/C13H13N3O2/c14-8-7-12(17)15-10-3-1-2-4-11(10)16-13(18)9-5-6-9/h1-4,9H,5-7H2,(H,15,17)(H,16,18). The highest BCUT2D eigenvalue weighted by Crippen LogP contribution is 2.31. The van der Waals surface area contributed by atoms with Crippen LogP contribution in [0.25, 0.3) is 0 Å². The molecule has 0 saturated heterocycles. The number of hydrogen-bond donors (Lipinski definition) is 2. The molecule has 92 valence electrons. The van der Waals surface area contributed by atoms with E-state index in [1.807, 2.05) is 0 Å². The Kier molecular flexibility index (Phi) is 3.58. The predicted molar refractivity (Wildman–Crippen MR) is 66.7 cm³/mol. The van der Waals surface area contributed by atoms with Crippen LogP contribution in [0.3, 0.4) is 0 Å². The van der Waals surface area contributed by atoms with Crippen molar-refractivity contribution in [2.24, 2.45) is 5.92 Å². The monoisotopic (exact) mass is 243 g/mol. The van der Waals surface area contributed by atoms with Crippen molar-refractivity contribution in [3.8, 4) is 6.07 Å². The molecule has 0 unspecified atom stereocenters. The first kappa shape index (κ1) is 12.1. The van der Waals surface area contributed by atoms with E-state index in [2.05, 4.69) is 10.6 Å². The lowest BCUT2D eigenvalue weighted by molar-refractivity contribution is -0.117. The van der Waals surface area contributed by atoms with Gasteiger partial charge in [-0.05, 0) is 25.0 Å². The smallest absolute Gasteiger partial charge is 0.238 e. The summed E-state index contributed by atoms with van der Waals surface area (Å²) >= 11 is 0. The van der Waals surface area contributed by atoms with Crippen molar-refractivity contribution in [2.45, 2.75) is 19.3 Å². The Morgan fingerprint density at radius 2 is 1.83 bits per heavy atom. The molecule has 1 saturated carbocycles. The number of carbonyl (C=O) groups excluding carboxylic acids is 2. The Balaban J connectivity index is 2.07. The van der Waals surface area contributed by atoms with Crippen molar-refractivity contribution in [3.05, 3.63) is 24.3 Å². The largest absolute Gasteiger partial charge is 0.324 e. The van der Waals surface area contributed by atoms with E-state index in [9.17, 15) is 9.59 Å². The van der Waals surface area contributed by atoms with Crippen molar-refractivity contribution in [3.63, 3.8) is 0 Å². The number of para-hydroxylation sites is 2. The zero-order valence-corrected chi connectivity index (χ0v) is 9.77. The van der Waals surface area contributed by atoms with Crippen LogP contribution in [0.15, 0.2) is 24.3 Å². The van der Waals surface area contributed by atoms with E-state index in [1.54, 1.807) is 30.3 Å². The first-order valence-corrected chi connectivity index (χ1v) is 5.77. The van der Waals surface area contributed by atoms with Crippen molar-refractivity contribution < 1.29 is 9.59 Å². The van der Waals surface area contributed by atoms with Gasteiger partial charge in [0.25, 0.3) is 0 Å². The van der Waals surface area contributed by atoms with Gasteiger partial charge in [-0.3, -0.25) is 9.59 Å². The maximum Gasteiger partial charge on any atom is 0.238 e. The van der Waals surface area contributed by atoms with Gasteiger partial charge in [-0.1, -0.05) is 12.1 Å². The van der Waals surface area contributed by atoms with Gasteiger partial charge in [0, 0.05) is 5.92 Å². The Labute approximate surface area is 105 Å². The lowest BCUT2D eigenvalue weighted by atomic mass is 10.2. The van der Waals surface area contributed by atoms with Gasteiger partial charge in [0.05, 0.1) is 17.4 Å². The molecule has 0 bridgehead atoms. The average Bonchev–Trinajstić information content (AvgIpc) is 3.16. The lowest BCUT2D eigenvalue weighted by Gasteiger charge is -2.11. The number of benzene rings is 1. The maximum atomic E-state index is 11.7. The number of hydrogen-bond acceptors (Lipinski definition) is 3. The van der Waals surface area contributed by atoms with Gasteiger partial charge in [-0.15, -0.1) is 0 Å². The van der Waals surface area contributed by atoms with Gasteiger partial charge in [-0.2, -0.15) is 5.26 Å². The van der Waals surface area contributed by atoms with Crippen LogP contribution in [-0.4, -0.2) is 11.8 Å². The molecule has 5 heteroatoms. The number of anilines is 2. The van der Waals surface area contributed by atoms with Gasteiger partial charge in [0.2, 0.25) is 11.8 Å². The molecular formula is C13H13N3O2. The summed E-state index contributed by atoms with van der Waals surface area (Å²) in [7, 11) is 0.